The highest BCUT2D eigenvalue weighted by atomic mass is 16.5. The highest BCUT2D eigenvalue weighted by Crippen LogP contribution is 2.05. The van der Waals surface area contributed by atoms with E-state index in [1.165, 1.54) is 0 Å². The van der Waals surface area contributed by atoms with Crippen LogP contribution in [-0.2, 0) is 9.53 Å². The van der Waals surface area contributed by atoms with Gasteiger partial charge in [0.2, 0.25) is 0 Å². The van der Waals surface area contributed by atoms with E-state index < -0.39 is 37.6 Å². The Labute approximate surface area is 80.2 Å². The van der Waals surface area contributed by atoms with Gasteiger partial charge < -0.3 is 30.3 Å². The third kappa shape index (κ3) is 3.99. The first-order valence-corrected chi connectivity index (χ1v) is 3.93. The fourth-order valence-electron chi connectivity index (χ4n) is 0.800. The number of carbonyl (C=O) groups is 1. The second-order valence-electron chi connectivity index (χ2n) is 2.73. The quantitative estimate of drug-likeness (QED) is 0.277. The van der Waals surface area contributed by atoms with Crippen LogP contribution < -0.4 is 0 Å². The monoisotopic (exact) mass is 210 g/mol. The van der Waals surface area contributed by atoms with Crippen molar-refractivity contribution < 1.29 is 35.1 Å². The van der Waals surface area contributed by atoms with Gasteiger partial charge in [-0.2, -0.15) is 0 Å². The van der Waals surface area contributed by atoms with Crippen molar-refractivity contribution in [3.05, 3.63) is 0 Å². The van der Waals surface area contributed by atoms with Gasteiger partial charge in [0.05, 0.1) is 6.61 Å². The number of hydrogen-bond acceptors (Lipinski definition) is 7. The lowest BCUT2D eigenvalue weighted by Gasteiger charge is -2.24. The van der Waals surface area contributed by atoms with Crippen LogP contribution in [0.1, 0.15) is 0 Å². The van der Waals surface area contributed by atoms with Crippen molar-refractivity contribution in [2.45, 2.75) is 24.4 Å². The standard InChI is InChI=1S/C7H14O7/c8-1-4(10)6(12)7(13)5(11)2-14-3-9/h3-8,10-13H,1-2H2/t4-,5-,6-,7-/m1/s1. The minimum atomic E-state index is -1.70. The molecule has 0 fully saturated rings. The van der Waals surface area contributed by atoms with Crippen molar-refractivity contribution in [1.29, 1.82) is 0 Å². The van der Waals surface area contributed by atoms with Crippen LogP contribution in [0.15, 0.2) is 0 Å². The molecule has 7 heteroatoms. The zero-order valence-electron chi connectivity index (χ0n) is 7.35. The molecular formula is C7H14O7. The van der Waals surface area contributed by atoms with Crippen LogP contribution in [0.3, 0.4) is 0 Å². The number of rotatable bonds is 7. The van der Waals surface area contributed by atoms with E-state index in [0.29, 0.717) is 0 Å². The van der Waals surface area contributed by atoms with E-state index in [0.717, 1.165) is 0 Å². The molecule has 0 aromatic heterocycles. The third-order valence-corrected chi connectivity index (χ3v) is 1.66. The molecule has 0 saturated carbocycles. The summed E-state index contributed by atoms with van der Waals surface area (Å²) in [6.45, 7) is -1.18. The fraction of sp³-hybridized carbons (Fsp3) is 0.857. The number of ether oxygens (including phenoxy) is 1. The molecule has 5 N–H and O–H groups in total. The summed E-state index contributed by atoms with van der Waals surface area (Å²) in [4.78, 5) is 9.72. The summed E-state index contributed by atoms with van der Waals surface area (Å²) in [6, 6.07) is 0. The van der Waals surface area contributed by atoms with Crippen LogP contribution in [0, 0.1) is 0 Å². The molecule has 0 rings (SSSR count). The highest BCUT2D eigenvalue weighted by Gasteiger charge is 2.30. The Bertz CT molecular complexity index is 162. The van der Waals surface area contributed by atoms with E-state index in [2.05, 4.69) is 4.74 Å². The van der Waals surface area contributed by atoms with Crippen LogP contribution in [0.2, 0.25) is 0 Å². The number of hydrogen-bond donors (Lipinski definition) is 5. The Morgan fingerprint density at radius 2 is 1.57 bits per heavy atom. The summed E-state index contributed by atoms with van der Waals surface area (Å²) in [6.07, 6.45) is -6.48. The van der Waals surface area contributed by atoms with Crippen LogP contribution >= 0.6 is 0 Å². The summed E-state index contributed by atoms with van der Waals surface area (Å²) in [7, 11) is 0. The SMILES string of the molecule is O=COC[C@@H](O)[C@@H](O)[C@H](O)[C@H](O)CO. The molecule has 0 aliphatic heterocycles. The minimum absolute atomic E-state index is 0.0742. The maximum absolute atomic E-state index is 9.72. The lowest BCUT2D eigenvalue weighted by Crippen LogP contribution is -2.47. The largest absolute Gasteiger partial charge is 0.465 e. The maximum atomic E-state index is 9.72. The van der Waals surface area contributed by atoms with E-state index >= 15 is 0 Å². The van der Waals surface area contributed by atoms with Crippen LogP contribution in [0.5, 0.6) is 0 Å². The zero-order chi connectivity index (χ0) is 11.1. The summed E-state index contributed by atoms with van der Waals surface area (Å²) >= 11 is 0. The number of aliphatic hydroxyl groups excluding tert-OH is 5. The van der Waals surface area contributed by atoms with Gasteiger partial charge >= 0.3 is 0 Å². The fourth-order valence-corrected chi connectivity index (χ4v) is 0.800. The molecule has 0 amide bonds. The number of carbonyl (C=O) groups excluding carboxylic acids is 1. The molecule has 14 heavy (non-hydrogen) atoms. The van der Waals surface area contributed by atoms with Gasteiger partial charge in [-0.15, -0.1) is 0 Å². The smallest absolute Gasteiger partial charge is 0.293 e. The van der Waals surface area contributed by atoms with Gasteiger partial charge in [-0.05, 0) is 0 Å². The van der Waals surface area contributed by atoms with Gasteiger partial charge in [-0.1, -0.05) is 0 Å². The van der Waals surface area contributed by atoms with Crippen molar-refractivity contribution >= 4 is 6.47 Å². The van der Waals surface area contributed by atoms with E-state index in [1.807, 2.05) is 0 Å². The van der Waals surface area contributed by atoms with Crippen LogP contribution in [0.4, 0.5) is 0 Å². The number of aliphatic hydroxyl groups is 5. The minimum Gasteiger partial charge on any atom is -0.465 e. The molecule has 0 saturated heterocycles. The molecule has 0 aromatic carbocycles. The summed E-state index contributed by atoms with van der Waals surface area (Å²) in [5.74, 6) is 0. The summed E-state index contributed by atoms with van der Waals surface area (Å²) in [5.41, 5.74) is 0. The van der Waals surface area contributed by atoms with Crippen molar-refractivity contribution in [3.63, 3.8) is 0 Å². The lowest BCUT2D eigenvalue weighted by molar-refractivity contribution is -0.144. The van der Waals surface area contributed by atoms with Gasteiger partial charge in [0.15, 0.2) is 0 Å². The Balaban J connectivity index is 4.01. The second kappa shape index (κ2) is 6.68. The first kappa shape index (κ1) is 13.3. The predicted molar refractivity (Wildman–Crippen MR) is 43.1 cm³/mol. The van der Waals surface area contributed by atoms with Crippen LogP contribution in [0.25, 0.3) is 0 Å². The van der Waals surface area contributed by atoms with Crippen molar-refractivity contribution in [1.82, 2.24) is 0 Å². The molecule has 84 valence electrons. The summed E-state index contributed by atoms with van der Waals surface area (Å²) in [5, 5.41) is 44.6. The van der Waals surface area contributed by atoms with E-state index in [9.17, 15) is 4.79 Å². The Morgan fingerprint density at radius 3 is 2.00 bits per heavy atom. The molecule has 0 radical (unpaired) electrons. The van der Waals surface area contributed by atoms with Crippen molar-refractivity contribution in [2.75, 3.05) is 13.2 Å². The zero-order valence-corrected chi connectivity index (χ0v) is 7.35. The molecule has 0 aliphatic carbocycles. The first-order valence-electron chi connectivity index (χ1n) is 3.93. The van der Waals surface area contributed by atoms with Crippen LogP contribution in [-0.4, -0.2) is 69.6 Å². The maximum Gasteiger partial charge on any atom is 0.293 e. The van der Waals surface area contributed by atoms with Gasteiger partial charge in [0.1, 0.15) is 31.0 Å². The topological polar surface area (TPSA) is 127 Å². The molecule has 0 unspecified atom stereocenters. The molecule has 0 spiro atoms. The normalized spacial score (nSPS) is 19.5. The molecular weight excluding hydrogens is 196 g/mol. The van der Waals surface area contributed by atoms with E-state index in [4.69, 9.17) is 25.5 Å². The second-order valence-corrected chi connectivity index (χ2v) is 2.73. The molecule has 7 nitrogen and oxygen atoms in total. The van der Waals surface area contributed by atoms with E-state index in [-0.39, 0.29) is 6.47 Å². The van der Waals surface area contributed by atoms with Crippen molar-refractivity contribution in [2.24, 2.45) is 0 Å². The average molecular weight is 210 g/mol. The van der Waals surface area contributed by atoms with Gasteiger partial charge in [0, 0.05) is 0 Å². The van der Waals surface area contributed by atoms with Crippen molar-refractivity contribution in [3.8, 4) is 0 Å². The summed E-state index contributed by atoms with van der Waals surface area (Å²) < 4.78 is 4.13. The molecule has 0 heterocycles. The molecule has 0 aliphatic rings. The van der Waals surface area contributed by atoms with E-state index in [1.54, 1.807) is 0 Å². The Kier molecular flexibility index (Phi) is 6.34. The van der Waals surface area contributed by atoms with Gasteiger partial charge in [-0.3, -0.25) is 4.79 Å². The molecule has 4 atom stereocenters. The Morgan fingerprint density at radius 1 is 1.07 bits per heavy atom. The average Bonchev–Trinajstić information content (AvgIpc) is 2.22. The lowest BCUT2D eigenvalue weighted by atomic mass is 10.0. The molecule has 0 bridgehead atoms. The van der Waals surface area contributed by atoms with Gasteiger partial charge in [-0.25, -0.2) is 0 Å². The van der Waals surface area contributed by atoms with Gasteiger partial charge in [0.25, 0.3) is 6.47 Å². The first-order chi connectivity index (χ1) is 6.54. The Hall–Kier alpha value is -0.730. The highest BCUT2D eigenvalue weighted by molar-refractivity contribution is 5.36. The predicted octanol–water partition coefficient (Wildman–Crippen LogP) is -3.40. The molecule has 0 aromatic rings. The third-order valence-electron chi connectivity index (χ3n) is 1.66.